The van der Waals surface area contributed by atoms with Crippen LogP contribution in [0.1, 0.15) is 271 Å². The van der Waals surface area contributed by atoms with Crippen molar-refractivity contribution in [3.63, 3.8) is 0 Å². The van der Waals surface area contributed by atoms with E-state index in [0.29, 0.717) is 6.42 Å². The molecule has 0 bridgehead atoms. The van der Waals surface area contributed by atoms with E-state index in [-0.39, 0.29) is 12.5 Å². The quantitative estimate of drug-likeness (QED) is 0.0431. The van der Waals surface area contributed by atoms with Crippen molar-refractivity contribution in [2.45, 2.75) is 283 Å². The first-order chi connectivity index (χ1) is 25.7. The summed E-state index contributed by atoms with van der Waals surface area (Å²) in [7, 11) is 0. The van der Waals surface area contributed by atoms with E-state index in [1.165, 1.54) is 225 Å². The molecule has 0 saturated carbocycles. The highest BCUT2D eigenvalue weighted by molar-refractivity contribution is 5.76. The Morgan fingerprint density at radius 3 is 1.00 bits per heavy atom. The molecule has 0 aliphatic rings. The van der Waals surface area contributed by atoms with Crippen molar-refractivity contribution < 1.29 is 15.0 Å². The number of amides is 1. The third kappa shape index (κ3) is 40.3. The number of aliphatic hydroxyl groups excluding tert-OH is 2. The van der Waals surface area contributed by atoms with Crippen LogP contribution < -0.4 is 5.32 Å². The number of nitrogens with one attached hydrogen (secondary N) is 1. The number of hydrogen-bond acceptors (Lipinski definition) is 3. The Kier molecular flexibility index (Phi) is 43.8. The van der Waals surface area contributed by atoms with Crippen molar-refractivity contribution in [1.82, 2.24) is 5.32 Å². The van der Waals surface area contributed by atoms with Crippen LogP contribution in [0.5, 0.6) is 0 Å². The second-order valence-electron chi connectivity index (χ2n) is 16.5. The Labute approximate surface area is 327 Å². The van der Waals surface area contributed by atoms with Crippen LogP contribution in [-0.4, -0.2) is 34.9 Å². The van der Waals surface area contributed by atoms with Gasteiger partial charge in [-0.25, -0.2) is 0 Å². The van der Waals surface area contributed by atoms with E-state index in [2.05, 4.69) is 19.2 Å². The zero-order chi connectivity index (χ0) is 37.8. The molecule has 1 amide bonds. The second-order valence-corrected chi connectivity index (χ2v) is 16.5. The molecular formula is C48H95NO3. The largest absolute Gasteiger partial charge is 0.394 e. The topological polar surface area (TPSA) is 69.6 Å². The van der Waals surface area contributed by atoms with Crippen molar-refractivity contribution in [2.75, 3.05) is 6.61 Å². The predicted octanol–water partition coefficient (Wildman–Crippen LogP) is 15.0. The SMILES string of the molecule is CCCCCCC/C=C/C(O)C(CO)NC(=O)CCCCCCCCCCCCCCCCCCCCCCCCCCCCCCCCCCC. The van der Waals surface area contributed by atoms with Crippen LogP contribution in [0.25, 0.3) is 0 Å². The second kappa shape index (κ2) is 44.5. The summed E-state index contributed by atoms with van der Waals surface area (Å²) in [5.74, 6) is -0.0631. The minimum Gasteiger partial charge on any atom is -0.394 e. The summed E-state index contributed by atoms with van der Waals surface area (Å²) in [5.41, 5.74) is 0. The number of aliphatic hydroxyl groups is 2. The van der Waals surface area contributed by atoms with Crippen LogP contribution in [0.2, 0.25) is 0 Å². The maximum atomic E-state index is 12.3. The number of unbranched alkanes of at least 4 members (excludes halogenated alkanes) is 37. The minimum atomic E-state index is -0.831. The average molecular weight is 734 g/mol. The van der Waals surface area contributed by atoms with Gasteiger partial charge in [0.05, 0.1) is 18.8 Å². The minimum absolute atomic E-state index is 0.0631. The van der Waals surface area contributed by atoms with Gasteiger partial charge < -0.3 is 15.5 Å². The summed E-state index contributed by atoms with van der Waals surface area (Å²) >= 11 is 0. The third-order valence-electron chi connectivity index (χ3n) is 11.3. The number of carbonyl (C=O) groups is 1. The highest BCUT2D eigenvalue weighted by Crippen LogP contribution is 2.17. The van der Waals surface area contributed by atoms with Gasteiger partial charge in [0.15, 0.2) is 0 Å². The maximum Gasteiger partial charge on any atom is 0.220 e. The van der Waals surface area contributed by atoms with Crippen LogP contribution in [0.4, 0.5) is 0 Å². The van der Waals surface area contributed by atoms with E-state index in [1.54, 1.807) is 6.08 Å². The lowest BCUT2D eigenvalue weighted by Gasteiger charge is -2.20. The summed E-state index contributed by atoms with van der Waals surface area (Å²) in [6.07, 6.45) is 56.6. The Morgan fingerprint density at radius 2 is 0.712 bits per heavy atom. The Bertz CT molecular complexity index is 710. The summed E-state index contributed by atoms with van der Waals surface area (Å²) in [4.78, 5) is 12.3. The monoisotopic (exact) mass is 734 g/mol. The van der Waals surface area contributed by atoms with Crippen LogP contribution >= 0.6 is 0 Å². The molecule has 2 atom stereocenters. The Hall–Kier alpha value is -0.870. The maximum absolute atomic E-state index is 12.3. The molecule has 52 heavy (non-hydrogen) atoms. The van der Waals surface area contributed by atoms with Crippen molar-refractivity contribution >= 4 is 5.91 Å². The van der Waals surface area contributed by atoms with Gasteiger partial charge in [-0.05, 0) is 19.3 Å². The molecule has 0 spiro atoms. The van der Waals surface area contributed by atoms with E-state index < -0.39 is 12.1 Å². The van der Waals surface area contributed by atoms with Gasteiger partial charge in [0.1, 0.15) is 0 Å². The fraction of sp³-hybridized carbons (Fsp3) is 0.938. The van der Waals surface area contributed by atoms with Gasteiger partial charge >= 0.3 is 0 Å². The molecule has 4 nitrogen and oxygen atoms in total. The van der Waals surface area contributed by atoms with E-state index in [4.69, 9.17) is 0 Å². The molecule has 2 unspecified atom stereocenters. The third-order valence-corrected chi connectivity index (χ3v) is 11.3. The van der Waals surface area contributed by atoms with Gasteiger partial charge in [-0.1, -0.05) is 257 Å². The van der Waals surface area contributed by atoms with E-state index in [9.17, 15) is 15.0 Å². The fourth-order valence-corrected chi connectivity index (χ4v) is 7.59. The number of rotatable bonds is 44. The fourth-order valence-electron chi connectivity index (χ4n) is 7.59. The van der Waals surface area contributed by atoms with Crippen LogP contribution in [0, 0.1) is 0 Å². The molecule has 0 fully saturated rings. The predicted molar refractivity (Wildman–Crippen MR) is 230 cm³/mol. The summed E-state index contributed by atoms with van der Waals surface area (Å²) in [6.45, 7) is 4.27. The smallest absolute Gasteiger partial charge is 0.220 e. The molecule has 0 rings (SSSR count). The molecule has 310 valence electrons. The Morgan fingerprint density at radius 1 is 0.442 bits per heavy atom. The molecule has 0 saturated heterocycles. The molecule has 0 aromatic heterocycles. The lowest BCUT2D eigenvalue weighted by atomic mass is 10.0. The number of carbonyl (C=O) groups excluding carboxylic acids is 1. The molecule has 0 aromatic rings. The molecular weight excluding hydrogens is 639 g/mol. The van der Waals surface area contributed by atoms with E-state index >= 15 is 0 Å². The number of hydrogen-bond donors (Lipinski definition) is 3. The van der Waals surface area contributed by atoms with E-state index in [1.807, 2.05) is 6.08 Å². The molecule has 4 heteroatoms. The highest BCUT2D eigenvalue weighted by Gasteiger charge is 2.18. The first kappa shape index (κ1) is 51.1. The van der Waals surface area contributed by atoms with Gasteiger partial charge in [0, 0.05) is 6.42 Å². The van der Waals surface area contributed by atoms with E-state index in [0.717, 1.165) is 25.7 Å². The lowest BCUT2D eigenvalue weighted by Crippen LogP contribution is -2.45. The molecule has 0 aliphatic heterocycles. The Balaban J connectivity index is 3.31. The summed E-state index contributed by atoms with van der Waals surface area (Å²) in [6, 6.07) is -0.614. The van der Waals surface area contributed by atoms with Crippen LogP contribution in [0.15, 0.2) is 12.2 Å². The van der Waals surface area contributed by atoms with Gasteiger partial charge in [0.25, 0.3) is 0 Å². The van der Waals surface area contributed by atoms with Gasteiger partial charge in [-0.15, -0.1) is 0 Å². The van der Waals surface area contributed by atoms with Gasteiger partial charge in [-0.2, -0.15) is 0 Å². The van der Waals surface area contributed by atoms with Crippen molar-refractivity contribution in [3.05, 3.63) is 12.2 Å². The summed E-state index contributed by atoms with van der Waals surface area (Å²) < 4.78 is 0. The summed E-state index contributed by atoms with van der Waals surface area (Å²) in [5, 5.41) is 22.8. The highest BCUT2D eigenvalue weighted by atomic mass is 16.3. The zero-order valence-corrected chi connectivity index (χ0v) is 35.6. The normalized spacial score (nSPS) is 12.9. The lowest BCUT2D eigenvalue weighted by molar-refractivity contribution is -0.123. The molecule has 0 radical (unpaired) electrons. The molecule has 0 aromatic carbocycles. The van der Waals surface area contributed by atoms with Crippen molar-refractivity contribution in [3.8, 4) is 0 Å². The van der Waals surface area contributed by atoms with Crippen molar-refractivity contribution in [2.24, 2.45) is 0 Å². The van der Waals surface area contributed by atoms with Crippen LogP contribution in [0.3, 0.4) is 0 Å². The first-order valence-electron chi connectivity index (χ1n) is 23.9. The molecule has 3 N–H and O–H groups in total. The van der Waals surface area contributed by atoms with Gasteiger partial charge in [0.2, 0.25) is 5.91 Å². The zero-order valence-electron chi connectivity index (χ0n) is 35.6. The molecule has 0 aliphatic carbocycles. The van der Waals surface area contributed by atoms with Crippen molar-refractivity contribution in [1.29, 1.82) is 0 Å². The molecule has 0 heterocycles. The average Bonchev–Trinajstić information content (AvgIpc) is 3.15. The first-order valence-corrected chi connectivity index (χ1v) is 23.9. The standard InChI is InChI=1S/C48H95NO3/c1-3-5-7-9-11-12-13-14-15-16-17-18-19-20-21-22-23-24-25-26-27-28-29-30-31-32-33-34-35-36-38-40-42-44-48(52)49-46(45-50)47(51)43-41-39-37-10-8-6-4-2/h41,43,46-47,50-51H,3-40,42,44-45H2,1-2H3,(H,49,52)/b43-41+. The number of allylic oxidation sites excluding steroid dienone is 1. The van der Waals surface area contributed by atoms with Gasteiger partial charge in [-0.3, -0.25) is 4.79 Å². The van der Waals surface area contributed by atoms with Crippen LogP contribution in [-0.2, 0) is 4.79 Å².